The van der Waals surface area contributed by atoms with Crippen LogP contribution in [0.3, 0.4) is 0 Å². The van der Waals surface area contributed by atoms with Gasteiger partial charge in [-0.3, -0.25) is 0 Å². The van der Waals surface area contributed by atoms with Crippen LogP contribution in [0.5, 0.6) is 0 Å². The zero-order valence-electron chi connectivity index (χ0n) is 11.2. The van der Waals surface area contributed by atoms with Crippen LogP contribution in [0.25, 0.3) is 0 Å². The third kappa shape index (κ3) is 2.46. The Kier molecular flexibility index (Phi) is 3.52. The first-order chi connectivity index (χ1) is 10.0. The summed E-state index contributed by atoms with van der Waals surface area (Å²) in [7, 11) is -3.84. The van der Waals surface area contributed by atoms with Crippen LogP contribution < -0.4 is 0 Å². The summed E-state index contributed by atoms with van der Waals surface area (Å²) in [5.74, 6) is -0.637. The monoisotopic (exact) mass is 307 g/mol. The number of aliphatic hydroxyl groups is 1. The number of benzene rings is 2. The van der Waals surface area contributed by atoms with Crippen LogP contribution in [0.4, 0.5) is 4.39 Å². The molecule has 1 aliphatic rings. The topological polar surface area (TPSA) is 57.6 Å². The first-order valence-corrected chi connectivity index (χ1v) is 7.92. The molecule has 0 fully saturated rings. The summed E-state index contributed by atoms with van der Waals surface area (Å²) < 4.78 is 40.1. The molecule has 21 heavy (non-hydrogen) atoms. The molecule has 0 saturated heterocycles. The molecule has 1 N–H and O–H groups in total. The molecule has 2 aromatic rings. The van der Waals surface area contributed by atoms with Gasteiger partial charge in [-0.1, -0.05) is 30.3 Å². The van der Waals surface area contributed by atoms with E-state index in [4.69, 9.17) is 0 Å². The maximum Gasteiger partial charge on any atom is 0.244 e. The molecule has 2 aromatic carbocycles. The van der Waals surface area contributed by atoms with Crippen LogP contribution in [-0.4, -0.2) is 17.8 Å². The van der Waals surface area contributed by atoms with Crippen molar-refractivity contribution >= 4 is 10.0 Å². The van der Waals surface area contributed by atoms with E-state index in [1.807, 2.05) is 24.3 Å². The van der Waals surface area contributed by atoms with E-state index in [0.29, 0.717) is 0 Å². The minimum absolute atomic E-state index is 0.169. The van der Waals surface area contributed by atoms with Crippen molar-refractivity contribution < 1.29 is 17.9 Å². The molecule has 0 spiro atoms. The zero-order valence-corrected chi connectivity index (χ0v) is 12.0. The highest BCUT2D eigenvalue weighted by Crippen LogP contribution is 2.30. The number of fused-ring (bicyclic) bond motifs is 1. The number of rotatable bonds is 3. The van der Waals surface area contributed by atoms with Gasteiger partial charge in [0.2, 0.25) is 10.0 Å². The molecule has 1 heterocycles. The Balaban J connectivity index is 2.02. The second-order valence-electron chi connectivity index (χ2n) is 4.95. The summed E-state index contributed by atoms with van der Waals surface area (Å²) >= 11 is 0. The fourth-order valence-electron chi connectivity index (χ4n) is 2.51. The molecule has 0 bridgehead atoms. The van der Waals surface area contributed by atoms with Gasteiger partial charge in [-0.15, -0.1) is 0 Å². The van der Waals surface area contributed by atoms with Crippen molar-refractivity contribution in [1.29, 1.82) is 0 Å². The Bertz CT molecular complexity index is 764. The summed E-state index contributed by atoms with van der Waals surface area (Å²) in [6.07, 6.45) is 0. The minimum atomic E-state index is -3.84. The Morgan fingerprint density at radius 1 is 1.10 bits per heavy atom. The summed E-state index contributed by atoms with van der Waals surface area (Å²) in [6.45, 7) is 0.0788. The SMILES string of the molecule is O=S(=O)(c1cc(F)ccc1CO)N1Cc2ccccc2C1. The van der Waals surface area contributed by atoms with Crippen molar-refractivity contribution in [2.45, 2.75) is 24.6 Å². The van der Waals surface area contributed by atoms with Crippen molar-refractivity contribution in [3.63, 3.8) is 0 Å². The van der Waals surface area contributed by atoms with Crippen LogP contribution in [-0.2, 0) is 29.7 Å². The second kappa shape index (κ2) is 5.22. The van der Waals surface area contributed by atoms with Crippen molar-refractivity contribution in [3.8, 4) is 0 Å². The standard InChI is InChI=1S/C15H14FNO3S/c16-14-6-5-13(10-18)15(7-14)21(19,20)17-8-11-3-1-2-4-12(11)9-17/h1-7,18H,8-10H2. The Hall–Kier alpha value is -1.76. The van der Waals surface area contributed by atoms with E-state index >= 15 is 0 Å². The predicted molar refractivity (Wildman–Crippen MR) is 75.2 cm³/mol. The Labute approximate surface area is 122 Å². The number of nitrogens with zero attached hydrogens (tertiary/aromatic N) is 1. The van der Waals surface area contributed by atoms with Gasteiger partial charge in [-0.25, -0.2) is 12.8 Å². The van der Waals surface area contributed by atoms with Gasteiger partial charge in [0, 0.05) is 13.1 Å². The average molecular weight is 307 g/mol. The molecule has 6 heteroatoms. The van der Waals surface area contributed by atoms with Gasteiger partial charge in [0.25, 0.3) is 0 Å². The first-order valence-electron chi connectivity index (χ1n) is 6.48. The lowest BCUT2D eigenvalue weighted by molar-refractivity contribution is 0.277. The molecular weight excluding hydrogens is 293 g/mol. The highest BCUT2D eigenvalue weighted by atomic mass is 32.2. The van der Waals surface area contributed by atoms with E-state index in [9.17, 15) is 17.9 Å². The maximum atomic E-state index is 13.4. The highest BCUT2D eigenvalue weighted by Gasteiger charge is 2.32. The lowest BCUT2D eigenvalue weighted by atomic mass is 10.1. The van der Waals surface area contributed by atoms with Crippen LogP contribution in [0.15, 0.2) is 47.4 Å². The molecule has 110 valence electrons. The Morgan fingerprint density at radius 2 is 1.71 bits per heavy atom. The molecule has 1 aliphatic heterocycles. The largest absolute Gasteiger partial charge is 0.392 e. The molecule has 4 nitrogen and oxygen atoms in total. The van der Waals surface area contributed by atoms with Crippen molar-refractivity contribution in [2.24, 2.45) is 0 Å². The lowest BCUT2D eigenvalue weighted by Crippen LogP contribution is -2.26. The van der Waals surface area contributed by atoms with Crippen LogP contribution in [0.1, 0.15) is 16.7 Å². The number of halogens is 1. The fraction of sp³-hybridized carbons (Fsp3) is 0.200. The van der Waals surface area contributed by atoms with E-state index in [2.05, 4.69) is 0 Å². The maximum absolute atomic E-state index is 13.4. The van der Waals surface area contributed by atoms with Gasteiger partial charge in [0.1, 0.15) is 5.82 Å². The van der Waals surface area contributed by atoms with E-state index in [1.165, 1.54) is 10.4 Å². The van der Waals surface area contributed by atoms with Crippen molar-refractivity contribution in [1.82, 2.24) is 4.31 Å². The van der Waals surface area contributed by atoms with Gasteiger partial charge in [0.15, 0.2) is 0 Å². The second-order valence-corrected chi connectivity index (χ2v) is 6.86. The third-order valence-electron chi connectivity index (χ3n) is 3.63. The molecule has 0 aliphatic carbocycles. The quantitative estimate of drug-likeness (QED) is 0.944. The average Bonchev–Trinajstić information content (AvgIpc) is 2.92. The van der Waals surface area contributed by atoms with Gasteiger partial charge < -0.3 is 5.11 Å². The van der Waals surface area contributed by atoms with Gasteiger partial charge in [-0.05, 0) is 28.8 Å². The molecule has 0 saturated carbocycles. The number of sulfonamides is 1. The Morgan fingerprint density at radius 3 is 2.29 bits per heavy atom. The lowest BCUT2D eigenvalue weighted by Gasteiger charge is -2.17. The summed E-state index contributed by atoms with van der Waals surface area (Å²) in [4.78, 5) is -0.169. The molecule has 3 rings (SSSR count). The van der Waals surface area contributed by atoms with Gasteiger partial charge >= 0.3 is 0 Å². The van der Waals surface area contributed by atoms with Crippen LogP contribution in [0.2, 0.25) is 0 Å². The normalized spacial score (nSPS) is 15.1. The molecular formula is C15H14FNO3S. The van der Waals surface area contributed by atoms with E-state index in [1.54, 1.807) is 0 Å². The van der Waals surface area contributed by atoms with Crippen LogP contribution in [0, 0.1) is 5.82 Å². The third-order valence-corrected chi connectivity index (χ3v) is 5.50. The van der Waals surface area contributed by atoms with Crippen LogP contribution >= 0.6 is 0 Å². The molecule has 0 radical (unpaired) electrons. The van der Waals surface area contributed by atoms with Gasteiger partial charge in [0.05, 0.1) is 11.5 Å². The molecule has 0 unspecified atom stereocenters. The fourth-order valence-corrected chi connectivity index (χ4v) is 4.13. The highest BCUT2D eigenvalue weighted by molar-refractivity contribution is 7.89. The van der Waals surface area contributed by atoms with E-state index < -0.39 is 22.4 Å². The van der Waals surface area contributed by atoms with E-state index in [0.717, 1.165) is 23.3 Å². The van der Waals surface area contributed by atoms with E-state index in [-0.39, 0.29) is 23.5 Å². The minimum Gasteiger partial charge on any atom is -0.392 e. The number of hydrogen-bond acceptors (Lipinski definition) is 3. The molecule has 0 amide bonds. The zero-order chi connectivity index (χ0) is 15.0. The smallest absolute Gasteiger partial charge is 0.244 e. The number of aliphatic hydroxyl groups excluding tert-OH is 1. The first kappa shape index (κ1) is 14.2. The predicted octanol–water partition coefficient (Wildman–Crippen LogP) is 2.02. The molecule has 0 aromatic heterocycles. The summed E-state index contributed by atoms with van der Waals surface area (Å²) in [5.41, 5.74) is 2.10. The summed E-state index contributed by atoms with van der Waals surface area (Å²) in [5, 5.41) is 9.28. The van der Waals surface area contributed by atoms with Gasteiger partial charge in [-0.2, -0.15) is 4.31 Å². The molecule has 0 atom stereocenters. The van der Waals surface area contributed by atoms with Crippen molar-refractivity contribution in [3.05, 3.63) is 65.0 Å². The van der Waals surface area contributed by atoms with Crippen molar-refractivity contribution in [2.75, 3.05) is 0 Å². The number of hydrogen-bond donors (Lipinski definition) is 1. The summed E-state index contributed by atoms with van der Waals surface area (Å²) in [6, 6.07) is 10.9.